The summed E-state index contributed by atoms with van der Waals surface area (Å²) in [4.78, 5) is 8.55. The van der Waals surface area contributed by atoms with Gasteiger partial charge in [0.25, 0.3) is 0 Å². The average Bonchev–Trinajstić information content (AvgIpc) is 3.22. The lowest BCUT2D eigenvalue weighted by Gasteiger charge is -2.18. The number of fused-ring (bicyclic) bond motifs is 1. The van der Waals surface area contributed by atoms with Gasteiger partial charge < -0.3 is 15.8 Å². The van der Waals surface area contributed by atoms with Crippen LogP contribution in [0.4, 0.5) is 11.5 Å². The van der Waals surface area contributed by atoms with E-state index < -0.39 is 0 Å². The molecule has 3 N–H and O–H groups in total. The first-order chi connectivity index (χ1) is 13.6. The van der Waals surface area contributed by atoms with Crippen molar-refractivity contribution in [3.8, 4) is 11.6 Å². The van der Waals surface area contributed by atoms with Crippen molar-refractivity contribution in [3.63, 3.8) is 0 Å². The third-order valence-electron chi connectivity index (χ3n) is 4.38. The molecular weight excluding hydrogens is 352 g/mol. The molecule has 2 aromatic carbocycles. The van der Waals surface area contributed by atoms with E-state index in [1.54, 1.807) is 17.1 Å². The summed E-state index contributed by atoms with van der Waals surface area (Å²) in [6.07, 6.45) is 5.03. The first kappa shape index (κ1) is 17.8. The fourth-order valence-corrected chi connectivity index (χ4v) is 3.14. The second-order valence-corrected chi connectivity index (χ2v) is 6.69. The molecule has 4 rings (SSSR count). The van der Waals surface area contributed by atoms with Crippen molar-refractivity contribution in [2.45, 2.75) is 26.5 Å². The predicted molar refractivity (Wildman–Crippen MR) is 111 cm³/mol. The molecule has 142 valence electrons. The molecule has 0 fully saturated rings. The Morgan fingerprint density at radius 3 is 2.75 bits per heavy atom. The van der Waals surface area contributed by atoms with Gasteiger partial charge in [0.1, 0.15) is 17.8 Å². The Kier molecular flexibility index (Phi) is 4.80. The third kappa shape index (κ3) is 3.46. The van der Waals surface area contributed by atoms with Gasteiger partial charge in [-0.15, -0.1) is 0 Å². The standard InChI is InChI=1S/C21H22N6O/c1-14(2)28-18-9-8-15-6-3-4-7-16(15)17(18)12-23-20-19(22)21(25-13-24-20)27-11-5-10-26-27/h3-11,13-14H,12,22H2,1-2H3,(H,23,24,25). The van der Waals surface area contributed by atoms with Crippen molar-refractivity contribution < 1.29 is 4.74 Å². The van der Waals surface area contributed by atoms with E-state index in [1.165, 1.54) is 6.33 Å². The van der Waals surface area contributed by atoms with Gasteiger partial charge in [0, 0.05) is 24.5 Å². The smallest absolute Gasteiger partial charge is 0.181 e. The van der Waals surface area contributed by atoms with E-state index in [2.05, 4.69) is 38.6 Å². The molecule has 0 saturated carbocycles. The largest absolute Gasteiger partial charge is 0.491 e. The number of aromatic nitrogens is 4. The van der Waals surface area contributed by atoms with Crippen LogP contribution in [-0.4, -0.2) is 25.9 Å². The zero-order chi connectivity index (χ0) is 19.5. The van der Waals surface area contributed by atoms with Gasteiger partial charge in [-0.2, -0.15) is 5.10 Å². The molecule has 0 saturated heterocycles. The number of nitrogens with zero attached hydrogens (tertiary/aromatic N) is 4. The summed E-state index contributed by atoms with van der Waals surface area (Å²) in [7, 11) is 0. The van der Waals surface area contributed by atoms with Gasteiger partial charge in [0.2, 0.25) is 0 Å². The summed E-state index contributed by atoms with van der Waals surface area (Å²) in [5, 5.41) is 9.82. The van der Waals surface area contributed by atoms with Crippen LogP contribution in [0.25, 0.3) is 16.6 Å². The lowest BCUT2D eigenvalue weighted by atomic mass is 10.0. The molecule has 7 nitrogen and oxygen atoms in total. The highest BCUT2D eigenvalue weighted by Crippen LogP contribution is 2.30. The van der Waals surface area contributed by atoms with E-state index >= 15 is 0 Å². The van der Waals surface area contributed by atoms with Crippen molar-refractivity contribution in [3.05, 3.63) is 66.7 Å². The molecule has 0 spiro atoms. The highest BCUT2D eigenvalue weighted by atomic mass is 16.5. The van der Waals surface area contributed by atoms with Crippen LogP contribution in [-0.2, 0) is 6.54 Å². The first-order valence-electron chi connectivity index (χ1n) is 9.15. The van der Waals surface area contributed by atoms with Gasteiger partial charge in [0.15, 0.2) is 11.6 Å². The minimum atomic E-state index is 0.0791. The lowest BCUT2D eigenvalue weighted by Crippen LogP contribution is -2.12. The number of anilines is 2. The Morgan fingerprint density at radius 1 is 1.11 bits per heavy atom. The number of ether oxygens (including phenoxy) is 1. The van der Waals surface area contributed by atoms with Crippen molar-refractivity contribution in [1.82, 2.24) is 19.7 Å². The van der Waals surface area contributed by atoms with Crippen LogP contribution < -0.4 is 15.8 Å². The van der Waals surface area contributed by atoms with Gasteiger partial charge in [-0.3, -0.25) is 0 Å². The minimum absolute atomic E-state index is 0.0791. The number of hydrogen-bond donors (Lipinski definition) is 2. The molecule has 2 aromatic heterocycles. The number of nitrogens with one attached hydrogen (secondary N) is 1. The molecule has 0 bridgehead atoms. The van der Waals surface area contributed by atoms with Crippen LogP contribution in [0.5, 0.6) is 5.75 Å². The molecule has 0 aliphatic heterocycles. The number of benzene rings is 2. The number of nitrogens with two attached hydrogens (primary N) is 1. The molecule has 0 atom stereocenters. The van der Waals surface area contributed by atoms with E-state index in [-0.39, 0.29) is 6.10 Å². The molecule has 0 aliphatic rings. The Balaban J connectivity index is 1.68. The van der Waals surface area contributed by atoms with Crippen molar-refractivity contribution in [2.75, 3.05) is 11.1 Å². The fraction of sp³-hybridized carbons (Fsp3) is 0.190. The summed E-state index contributed by atoms with van der Waals surface area (Å²) in [6.45, 7) is 4.56. The van der Waals surface area contributed by atoms with Gasteiger partial charge in [-0.05, 0) is 36.8 Å². The quantitative estimate of drug-likeness (QED) is 0.533. The maximum atomic E-state index is 6.29. The maximum absolute atomic E-state index is 6.29. The lowest BCUT2D eigenvalue weighted by molar-refractivity contribution is 0.240. The Labute approximate surface area is 163 Å². The van der Waals surface area contributed by atoms with Crippen molar-refractivity contribution >= 4 is 22.3 Å². The summed E-state index contributed by atoms with van der Waals surface area (Å²) in [5.74, 6) is 1.95. The van der Waals surface area contributed by atoms with Gasteiger partial charge in [0.05, 0.1) is 6.10 Å². The molecule has 0 aliphatic carbocycles. The second kappa shape index (κ2) is 7.56. The van der Waals surface area contributed by atoms with E-state index in [4.69, 9.17) is 10.5 Å². The van der Waals surface area contributed by atoms with Crippen LogP contribution in [0, 0.1) is 0 Å². The van der Waals surface area contributed by atoms with E-state index in [0.717, 1.165) is 22.1 Å². The molecule has 0 unspecified atom stereocenters. The number of nitrogen functional groups attached to an aromatic ring is 1. The SMILES string of the molecule is CC(C)Oc1ccc2ccccc2c1CNc1ncnc(-n2cccn2)c1N. The van der Waals surface area contributed by atoms with E-state index in [9.17, 15) is 0 Å². The summed E-state index contributed by atoms with van der Waals surface area (Å²) >= 11 is 0. The topological polar surface area (TPSA) is 90.9 Å². The molecular formula is C21H22N6O. The first-order valence-corrected chi connectivity index (χ1v) is 9.15. The van der Waals surface area contributed by atoms with Crippen LogP contribution in [0.1, 0.15) is 19.4 Å². The molecule has 2 heterocycles. The monoisotopic (exact) mass is 374 g/mol. The summed E-state index contributed by atoms with van der Waals surface area (Å²) in [5.41, 5.74) is 7.79. The highest BCUT2D eigenvalue weighted by Gasteiger charge is 2.13. The van der Waals surface area contributed by atoms with Crippen LogP contribution in [0.15, 0.2) is 61.2 Å². The minimum Gasteiger partial charge on any atom is -0.491 e. The van der Waals surface area contributed by atoms with Crippen LogP contribution in [0.2, 0.25) is 0 Å². The summed E-state index contributed by atoms with van der Waals surface area (Å²) < 4.78 is 7.66. The fourth-order valence-electron chi connectivity index (χ4n) is 3.14. The predicted octanol–water partition coefficient (Wildman–Crippen LogP) is 3.80. The average molecular weight is 374 g/mol. The normalized spacial score (nSPS) is 11.1. The van der Waals surface area contributed by atoms with Gasteiger partial charge in [-0.25, -0.2) is 14.6 Å². The second-order valence-electron chi connectivity index (χ2n) is 6.69. The highest BCUT2D eigenvalue weighted by molar-refractivity contribution is 5.88. The van der Waals surface area contributed by atoms with Crippen LogP contribution in [0.3, 0.4) is 0 Å². The van der Waals surface area contributed by atoms with E-state index in [1.807, 2.05) is 38.1 Å². The molecule has 4 aromatic rings. The molecule has 7 heteroatoms. The van der Waals surface area contributed by atoms with Gasteiger partial charge >= 0.3 is 0 Å². The maximum Gasteiger partial charge on any atom is 0.181 e. The zero-order valence-corrected chi connectivity index (χ0v) is 15.8. The van der Waals surface area contributed by atoms with Crippen molar-refractivity contribution in [1.29, 1.82) is 0 Å². The number of hydrogen-bond acceptors (Lipinski definition) is 6. The van der Waals surface area contributed by atoms with Crippen LogP contribution >= 0.6 is 0 Å². The Bertz CT molecular complexity index is 1090. The van der Waals surface area contributed by atoms with E-state index in [0.29, 0.717) is 23.9 Å². The molecule has 0 radical (unpaired) electrons. The number of rotatable bonds is 6. The molecule has 28 heavy (non-hydrogen) atoms. The third-order valence-corrected chi connectivity index (χ3v) is 4.38. The Hall–Kier alpha value is -3.61. The van der Waals surface area contributed by atoms with Gasteiger partial charge in [-0.1, -0.05) is 30.3 Å². The Morgan fingerprint density at radius 2 is 1.96 bits per heavy atom. The summed E-state index contributed by atoms with van der Waals surface area (Å²) in [6, 6.07) is 14.1. The zero-order valence-electron chi connectivity index (χ0n) is 15.8. The van der Waals surface area contributed by atoms with Crippen molar-refractivity contribution in [2.24, 2.45) is 0 Å². The molecule has 0 amide bonds.